The maximum absolute atomic E-state index is 2.63. The van der Waals surface area contributed by atoms with Gasteiger partial charge in [-0.3, -0.25) is 0 Å². The van der Waals surface area contributed by atoms with Crippen molar-refractivity contribution in [1.82, 2.24) is 0 Å². The van der Waals surface area contributed by atoms with E-state index in [2.05, 4.69) is 19.9 Å². The Balaban J connectivity index is 1.17. The van der Waals surface area contributed by atoms with Gasteiger partial charge in [-0.1, -0.05) is 62.3 Å². The maximum Gasteiger partial charge on any atom is 0.0225 e. The highest BCUT2D eigenvalue weighted by Crippen LogP contribution is 2.63. The molecule has 7 atom stereocenters. The van der Waals surface area contributed by atoms with Gasteiger partial charge < -0.3 is 0 Å². The maximum atomic E-state index is 2.63. The molecule has 0 radical (unpaired) electrons. The lowest BCUT2D eigenvalue weighted by atomic mass is 9.72. The minimum absolute atomic E-state index is 0.904. The molecule has 0 heterocycles. The minimum atomic E-state index is 0.904. The zero-order chi connectivity index (χ0) is 19.5. The largest absolute Gasteiger partial charge is 0.0835 e. The highest BCUT2D eigenvalue weighted by molar-refractivity contribution is 5.55. The van der Waals surface area contributed by atoms with Crippen LogP contribution in [0, 0.1) is 53.3 Å². The van der Waals surface area contributed by atoms with Crippen molar-refractivity contribution in [3.8, 4) is 0 Å². The molecule has 7 aliphatic rings. The molecule has 29 heavy (non-hydrogen) atoms. The van der Waals surface area contributed by atoms with Crippen LogP contribution in [-0.2, 0) is 0 Å². The van der Waals surface area contributed by atoms with Crippen LogP contribution in [0.5, 0.6) is 0 Å². The van der Waals surface area contributed by atoms with Gasteiger partial charge in [-0.25, -0.2) is 0 Å². The fraction of sp³-hybridized carbons (Fsp3) is 0.862. The van der Waals surface area contributed by atoms with E-state index in [0.29, 0.717) is 0 Å². The van der Waals surface area contributed by atoms with E-state index in [-0.39, 0.29) is 0 Å². The molecule has 0 amide bonds. The highest BCUT2D eigenvalue weighted by Gasteiger charge is 2.50. The lowest BCUT2D eigenvalue weighted by Gasteiger charge is -2.32. The van der Waals surface area contributed by atoms with E-state index in [0.717, 1.165) is 53.3 Å². The molecular weight excluding hydrogens is 348 g/mol. The number of fused-ring (bicyclic) bond motifs is 4. The Morgan fingerprint density at radius 2 is 1.59 bits per heavy atom. The second kappa shape index (κ2) is 7.56. The summed E-state index contributed by atoms with van der Waals surface area (Å²) in [6.45, 7) is 5.13. The van der Waals surface area contributed by atoms with Crippen molar-refractivity contribution in [3.63, 3.8) is 0 Å². The van der Waals surface area contributed by atoms with Gasteiger partial charge in [0, 0.05) is 5.92 Å². The van der Waals surface area contributed by atoms with E-state index < -0.39 is 0 Å². The Bertz CT molecular complexity index is 679. The highest BCUT2D eigenvalue weighted by atomic mass is 14.5. The summed E-state index contributed by atoms with van der Waals surface area (Å²) in [6, 6.07) is 0. The molecule has 0 saturated heterocycles. The Morgan fingerprint density at radius 3 is 2.34 bits per heavy atom. The van der Waals surface area contributed by atoms with Crippen molar-refractivity contribution < 1.29 is 0 Å². The third-order valence-corrected chi connectivity index (χ3v) is 11.0. The molecule has 4 fully saturated rings. The van der Waals surface area contributed by atoms with Gasteiger partial charge in [-0.15, -0.1) is 0 Å². The molecule has 4 saturated carbocycles. The van der Waals surface area contributed by atoms with Crippen LogP contribution in [-0.4, -0.2) is 0 Å². The van der Waals surface area contributed by atoms with Gasteiger partial charge in [0.15, 0.2) is 0 Å². The Morgan fingerprint density at radius 1 is 0.793 bits per heavy atom. The van der Waals surface area contributed by atoms with Gasteiger partial charge >= 0.3 is 0 Å². The molecule has 0 aromatic rings. The number of allylic oxidation sites excluding steroid dienone is 4. The molecule has 8 bridgehead atoms. The molecule has 7 rings (SSSR count). The Kier molecular flexibility index (Phi) is 5.00. The first-order chi connectivity index (χ1) is 14.2. The van der Waals surface area contributed by atoms with Crippen LogP contribution in [0.15, 0.2) is 22.8 Å². The van der Waals surface area contributed by atoms with Crippen LogP contribution < -0.4 is 0 Å². The second-order valence-corrected chi connectivity index (χ2v) is 12.4. The van der Waals surface area contributed by atoms with Crippen molar-refractivity contribution in [2.45, 2.75) is 104 Å². The molecule has 7 unspecified atom stereocenters. The number of hydrogen-bond acceptors (Lipinski definition) is 0. The molecule has 7 aliphatic carbocycles. The monoisotopic (exact) mass is 392 g/mol. The zero-order valence-electron chi connectivity index (χ0n) is 19.2. The third kappa shape index (κ3) is 3.40. The van der Waals surface area contributed by atoms with E-state index in [4.69, 9.17) is 0 Å². The van der Waals surface area contributed by atoms with Crippen LogP contribution in [0.25, 0.3) is 0 Å². The summed E-state index contributed by atoms with van der Waals surface area (Å²) < 4.78 is 0. The minimum Gasteiger partial charge on any atom is -0.0835 e. The Labute approximate surface area is 180 Å². The van der Waals surface area contributed by atoms with Gasteiger partial charge in [0.05, 0.1) is 0 Å². The van der Waals surface area contributed by atoms with Crippen LogP contribution in [0.4, 0.5) is 0 Å². The quantitative estimate of drug-likeness (QED) is 0.393. The molecule has 0 N–H and O–H groups in total. The van der Waals surface area contributed by atoms with Crippen LogP contribution >= 0.6 is 0 Å². The SMILES string of the molecule is CCC1CC(C)C2CCC(CCCC3CC=C3C3C4=C3CC(C4)C3CCC1C3)C2. The summed E-state index contributed by atoms with van der Waals surface area (Å²) in [6.07, 6.45) is 23.9. The third-order valence-electron chi connectivity index (χ3n) is 11.0. The molecule has 0 aromatic carbocycles. The summed E-state index contributed by atoms with van der Waals surface area (Å²) in [7, 11) is 0. The lowest BCUT2D eigenvalue weighted by molar-refractivity contribution is 0.212. The summed E-state index contributed by atoms with van der Waals surface area (Å²) in [5, 5.41) is 0. The van der Waals surface area contributed by atoms with E-state index in [9.17, 15) is 0 Å². The van der Waals surface area contributed by atoms with Crippen molar-refractivity contribution in [1.29, 1.82) is 0 Å². The normalized spacial score (nSPS) is 49.2. The summed E-state index contributed by atoms with van der Waals surface area (Å²) >= 11 is 0. The van der Waals surface area contributed by atoms with Gasteiger partial charge in [0.1, 0.15) is 0 Å². The van der Waals surface area contributed by atoms with Crippen LogP contribution in [0.1, 0.15) is 104 Å². The first-order valence-corrected chi connectivity index (χ1v) is 13.6. The van der Waals surface area contributed by atoms with Crippen LogP contribution in [0.2, 0.25) is 0 Å². The van der Waals surface area contributed by atoms with Crippen LogP contribution in [0.3, 0.4) is 0 Å². The fourth-order valence-electron chi connectivity index (χ4n) is 9.06. The predicted octanol–water partition coefficient (Wildman–Crippen LogP) is 8.34. The van der Waals surface area contributed by atoms with Gasteiger partial charge in [0.2, 0.25) is 0 Å². The molecule has 0 heteroatoms. The smallest absolute Gasteiger partial charge is 0.0225 e. The topological polar surface area (TPSA) is 0 Å². The molecule has 0 spiro atoms. The first kappa shape index (κ1) is 19.2. The average molecular weight is 393 g/mol. The standard InChI is InChI=1S/C29H44/c1-3-20-13-18(2)22-8-7-19(14-22)5-4-6-21-11-12-26(21)29-27-16-25(17-28(27)29)24-10-9-23(20)15-24/h12,18-25,29H,3-11,13-17H2,1-2H3. The van der Waals surface area contributed by atoms with Crippen molar-refractivity contribution in [2.24, 2.45) is 53.3 Å². The number of hydrogen-bond donors (Lipinski definition) is 0. The summed E-state index contributed by atoms with van der Waals surface area (Å²) in [4.78, 5) is 0. The average Bonchev–Trinajstić information content (AvgIpc) is 3.23. The molecule has 160 valence electrons. The van der Waals surface area contributed by atoms with Crippen molar-refractivity contribution in [3.05, 3.63) is 22.8 Å². The van der Waals surface area contributed by atoms with E-state index in [1.54, 1.807) is 44.9 Å². The molecule has 0 aromatic heterocycles. The van der Waals surface area contributed by atoms with Gasteiger partial charge in [0.25, 0.3) is 0 Å². The molecule has 0 aliphatic heterocycles. The fourth-order valence-corrected chi connectivity index (χ4v) is 9.06. The first-order valence-electron chi connectivity index (χ1n) is 13.6. The van der Waals surface area contributed by atoms with E-state index >= 15 is 0 Å². The van der Waals surface area contributed by atoms with Gasteiger partial charge in [-0.05, 0) is 112 Å². The van der Waals surface area contributed by atoms with Crippen molar-refractivity contribution in [2.75, 3.05) is 0 Å². The summed E-state index contributed by atoms with van der Waals surface area (Å²) in [5.74, 6) is 9.18. The second-order valence-electron chi connectivity index (χ2n) is 12.4. The zero-order valence-corrected chi connectivity index (χ0v) is 19.2. The van der Waals surface area contributed by atoms with Crippen molar-refractivity contribution >= 4 is 0 Å². The lowest BCUT2D eigenvalue weighted by Crippen LogP contribution is -2.21. The molecule has 0 nitrogen and oxygen atoms in total. The molecular formula is C29H44. The Hall–Kier alpha value is -0.520. The van der Waals surface area contributed by atoms with E-state index in [1.165, 1.54) is 44.9 Å². The summed E-state index contributed by atoms with van der Waals surface area (Å²) in [5.41, 5.74) is 5.77. The predicted molar refractivity (Wildman–Crippen MR) is 123 cm³/mol. The van der Waals surface area contributed by atoms with E-state index in [1.807, 2.05) is 16.7 Å². The number of rotatable bonds is 1. The van der Waals surface area contributed by atoms with Gasteiger partial charge in [-0.2, -0.15) is 0 Å².